The average molecular weight is 205 g/mol. The molecule has 1 saturated carbocycles. The lowest BCUT2D eigenvalue weighted by Crippen LogP contribution is -2.21. The van der Waals surface area contributed by atoms with E-state index in [4.69, 9.17) is 11.5 Å². The van der Waals surface area contributed by atoms with Crippen molar-refractivity contribution in [3.8, 4) is 0 Å². The molecule has 3 heteroatoms. The number of nitrogens with zero attached hydrogens (tertiary/aromatic N) is 1. The summed E-state index contributed by atoms with van der Waals surface area (Å²) < 4.78 is 0. The SMILES string of the molecule is Cc1cnc(N)c(C(N)C2CCCC2)c1. The largest absolute Gasteiger partial charge is 0.383 e. The van der Waals surface area contributed by atoms with Crippen molar-refractivity contribution >= 4 is 5.82 Å². The van der Waals surface area contributed by atoms with Crippen LogP contribution in [0, 0.1) is 12.8 Å². The Morgan fingerprint density at radius 2 is 2.07 bits per heavy atom. The van der Waals surface area contributed by atoms with Crippen molar-refractivity contribution in [1.82, 2.24) is 4.98 Å². The molecular weight excluding hydrogens is 186 g/mol. The molecule has 0 aromatic carbocycles. The Balaban J connectivity index is 2.23. The van der Waals surface area contributed by atoms with Crippen LogP contribution >= 0.6 is 0 Å². The van der Waals surface area contributed by atoms with Crippen LogP contribution in [0.1, 0.15) is 42.9 Å². The van der Waals surface area contributed by atoms with Gasteiger partial charge in [0.1, 0.15) is 5.82 Å². The second-order valence-corrected chi connectivity index (χ2v) is 4.56. The summed E-state index contributed by atoms with van der Waals surface area (Å²) in [5.41, 5.74) is 14.3. The number of aromatic nitrogens is 1. The monoisotopic (exact) mass is 205 g/mol. The fourth-order valence-corrected chi connectivity index (χ4v) is 2.44. The maximum absolute atomic E-state index is 6.25. The molecule has 1 aromatic heterocycles. The molecule has 4 N–H and O–H groups in total. The summed E-state index contributed by atoms with van der Waals surface area (Å²) in [6.07, 6.45) is 6.86. The van der Waals surface area contributed by atoms with Gasteiger partial charge in [0, 0.05) is 17.8 Å². The minimum Gasteiger partial charge on any atom is -0.383 e. The molecule has 3 nitrogen and oxygen atoms in total. The van der Waals surface area contributed by atoms with E-state index in [1.165, 1.54) is 25.7 Å². The number of hydrogen-bond acceptors (Lipinski definition) is 3. The van der Waals surface area contributed by atoms with Gasteiger partial charge in [-0.25, -0.2) is 4.98 Å². The predicted molar refractivity (Wildman–Crippen MR) is 62.3 cm³/mol. The molecular formula is C12H19N3. The maximum Gasteiger partial charge on any atom is 0.128 e. The van der Waals surface area contributed by atoms with Crippen molar-refractivity contribution in [3.63, 3.8) is 0 Å². The van der Waals surface area contributed by atoms with Crippen LogP contribution in [0.2, 0.25) is 0 Å². The van der Waals surface area contributed by atoms with Crippen LogP contribution in [0.3, 0.4) is 0 Å². The van der Waals surface area contributed by atoms with Gasteiger partial charge in [0.05, 0.1) is 0 Å². The Morgan fingerprint density at radius 3 is 2.73 bits per heavy atom. The zero-order valence-corrected chi connectivity index (χ0v) is 9.24. The first-order chi connectivity index (χ1) is 7.18. The van der Waals surface area contributed by atoms with E-state index in [0.29, 0.717) is 11.7 Å². The standard InChI is InChI=1S/C12H19N3/c1-8-6-10(12(14)15-7-8)11(13)9-4-2-3-5-9/h6-7,9,11H,2-5,13H2,1H3,(H2,14,15). The average Bonchev–Trinajstić information content (AvgIpc) is 2.74. The summed E-state index contributed by atoms with van der Waals surface area (Å²) in [6.45, 7) is 2.03. The van der Waals surface area contributed by atoms with E-state index in [0.717, 1.165) is 11.1 Å². The molecule has 1 aromatic rings. The number of aryl methyl sites for hydroxylation is 1. The van der Waals surface area contributed by atoms with Gasteiger partial charge in [-0.1, -0.05) is 12.8 Å². The van der Waals surface area contributed by atoms with Crippen molar-refractivity contribution in [1.29, 1.82) is 0 Å². The van der Waals surface area contributed by atoms with E-state index in [1.54, 1.807) is 6.20 Å². The Hall–Kier alpha value is -1.09. The van der Waals surface area contributed by atoms with E-state index in [2.05, 4.69) is 11.1 Å². The summed E-state index contributed by atoms with van der Waals surface area (Å²) in [7, 11) is 0. The topological polar surface area (TPSA) is 64.9 Å². The molecule has 0 bridgehead atoms. The predicted octanol–water partition coefficient (Wildman–Crippen LogP) is 2.16. The quantitative estimate of drug-likeness (QED) is 0.777. The van der Waals surface area contributed by atoms with Crippen molar-refractivity contribution in [3.05, 3.63) is 23.4 Å². The van der Waals surface area contributed by atoms with Gasteiger partial charge in [-0.15, -0.1) is 0 Å². The normalized spacial score (nSPS) is 19.3. The van der Waals surface area contributed by atoms with Gasteiger partial charge < -0.3 is 11.5 Å². The van der Waals surface area contributed by atoms with Crippen LogP contribution in [-0.2, 0) is 0 Å². The van der Waals surface area contributed by atoms with Gasteiger partial charge in [0.15, 0.2) is 0 Å². The highest BCUT2D eigenvalue weighted by atomic mass is 14.8. The second-order valence-electron chi connectivity index (χ2n) is 4.56. The Kier molecular flexibility index (Phi) is 2.91. The van der Waals surface area contributed by atoms with Crippen LogP contribution in [0.4, 0.5) is 5.82 Å². The molecule has 0 saturated heterocycles. The lowest BCUT2D eigenvalue weighted by Gasteiger charge is -2.20. The van der Waals surface area contributed by atoms with Crippen molar-refractivity contribution in [2.75, 3.05) is 5.73 Å². The molecule has 1 unspecified atom stereocenters. The third kappa shape index (κ3) is 2.12. The van der Waals surface area contributed by atoms with E-state index in [1.807, 2.05) is 6.92 Å². The lowest BCUT2D eigenvalue weighted by atomic mass is 9.92. The highest BCUT2D eigenvalue weighted by Crippen LogP contribution is 2.35. The number of hydrogen-bond donors (Lipinski definition) is 2. The first-order valence-corrected chi connectivity index (χ1v) is 5.66. The Labute approximate surface area is 90.9 Å². The molecule has 1 heterocycles. The fourth-order valence-electron chi connectivity index (χ4n) is 2.44. The van der Waals surface area contributed by atoms with E-state index >= 15 is 0 Å². The lowest BCUT2D eigenvalue weighted by molar-refractivity contribution is 0.445. The molecule has 15 heavy (non-hydrogen) atoms. The molecule has 0 spiro atoms. The van der Waals surface area contributed by atoms with Gasteiger partial charge in [-0.05, 0) is 37.3 Å². The van der Waals surface area contributed by atoms with E-state index < -0.39 is 0 Å². The molecule has 1 aliphatic rings. The summed E-state index contributed by atoms with van der Waals surface area (Å²) >= 11 is 0. The number of nitrogens with two attached hydrogens (primary N) is 2. The third-order valence-corrected chi connectivity index (χ3v) is 3.35. The molecule has 0 aliphatic heterocycles. The molecule has 0 amide bonds. The minimum atomic E-state index is 0.0694. The summed E-state index contributed by atoms with van der Waals surface area (Å²) in [4.78, 5) is 4.17. The van der Waals surface area contributed by atoms with Gasteiger partial charge in [0.25, 0.3) is 0 Å². The number of nitrogen functional groups attached to an aromatic ring is 1. The van der Waals surface area contributed by atoms with Crippen LogP contribution in [0.25, 0.3) is 0 Å². The van der Waals surface area contributed by atoms with Crippen molar-refractivity contribution in [2.45, 2.75) is 38.6 Å². The molecule has 1 atom stereocenters. The van der Waals surface area contributed by atoms with Crippen LogP contribution in [0.15, 0.2) is 12.3 Å². The van der Waals surface area contributed by atoms with Gasteiger partial charge >= 0.3 is 0 Å². The second kappa shape index (κ2) is 4.19. The maximum atomic E-state index is 6.25. The van der Waals surface area contributed by atoms with Gasteiger partial charge in [0.2, 0.25) is 0 Å². The number of anilines is 1. The smallest absolute Gasteiger partial charge is 0.128 e. The first-order valence-electron chi connectivity index (χ1n) is 5.66. The fraction of sp³-hybridized carbons (Fsp3) is 0.583. The van der Waals surface area contributed by atoms with Crippen LogP contribution in [0.5, 0.6) is 0 Å². The first kappa shape index (κ1) is 10.4. The molecule has 82 valence electrons. The zero-order valence-electron chi connectivity index (χ0n) is 9.24. The highest BCUT2D eigenvalue weighted by Gasteiger charge is 2.24. The van der Waals surface area contributed by atoms with Gasteiger partial charge in [-0.2, -0.15) is 0 Å². The van der Waals surface area contributed by atoms with Gasteiger partial charge in [-0.3, -0.25) is 0 Å². The Morgan fingerprint density at radius 1 is 1.40 bits per heavy atom. The summed E-state index contributed by atoms with van der Waals surface area (Å²) in [5, 5.41) is 0. The molecule has 1 fully saturated rings. The zero-order chi connectivity index (χ0) is 10.8. The summed E-state index contributed by atoms with van der Waals surface area (Å²) in [6, 6.07) is 2.14. The molecule has 2 rings (SSSR count). The van der Waals surface area contributed by atoms with Crippen LogP contribution in [-0.4, -0.2) is 4.98 Å². The Bertz CT molecular complexity index is 343. The van der Waals surface area contributed by atoms with Crippen molar-refractivity contribution in [2.24, 2.45) is 11.7 Å². The summed E-state index contributed by atoms with van der Waals surface area (Å²) in [5.74, 6) is 1.19. The highest BCUT2D eigenvalue weighted by molar-refractivity contribution is 5.43. The van der Waals surface area contributed by atoms with E-state index in [9.17, 15) is 0 Å². The minimum absolute atomic E-state index is 0.0694. The molecule has 0 radical (unpaired) electrons. The molecule has 1 aliphatic carbocycles. The number of rotatable bonds is 2. The number of pyridine rings is 1. The van der Waals surface area contributed by atoms with E-state index in [-0.39, 0.29) is 6.04 Å². The van der Waals surface area contributed by atoms with Crippen LogP contribution < -0.4 is 11.5 Å². The van der Waals surface area contributed by atoms with Crippen molar-refractivity contribution < 1.29 is 0 Å². The third-order valence-electron chi connectivity index (χ3n) is 3.35.